The van der Waals surface area contributed by atoms with Crippen LogP contribution in [0.4, 0.5) is 5.13 Å². The summed E-state index contributed by atoms with van der Waals surface area (Å²) in [6.45, 7) is 0.181. The van der Waals surface area contributed by atoms with E-state index < -0.39 is 35.1 Å². The topological polar surface area (TPSA) is 228 Å². The second-order valence-electron chi connectivity index (χ2n) is 8.75. The zero-order valence-electron chi connectivity index (χ0n) is 21.5. The van der Waals surface area contributed by atoms with E-state index >= 15 is 0 Å². The number of thioether (sulfide) groups is 1. The normalized spacial score (nSPS) is 21.1. The summed E-state index contributed by atoms with van der Waals surface area (Å²) in [5, 5.41) is 35.7. The number of nitriles is 1. The maximum Gasteiger partial charge on any atom is 0.352 e. The lowest BCUT2D eigenvalue weighted by atomic mass is 10.0. The Labute approximate surface area is 245 Å². The van der Waals surface area contributed by atoms with Crippen molar-refractivity contribution >= 4 is 57.6 Å². The highest BCUT2D eigenvalue weighted by molar-refractivity contribution is 8.00. The number of azo groups is 1. The minimum Gasteiger partial charge on any atom is -0.477 e. The van der Waals surface area contributed by atoms with Crippen molar-refractivity contribution in [2.45, 2.75) is 11.4 Å². The number of nitrogens with zero attached hydrogens (tertiary/aromatic N) is 7. The van der Waals surface area contributed by atoms with Crippen molar-refractivity contribution in [3.05, 3.63) is 69.9 Å². The molecule has 4 aliphatic heterocycles. The van der Waals surface area contributed by atoms with E-state index in [-0.39, 0.29) is 34.5 Å². The van der Waals surface area contributed by atoms with Crippen molar-refractivity contribution in [2.75, 3.05) is 25.1 Å². The number of hydrogen-bond donors (Lipinski definition) is 4. The fourth-order valence-electron chi connectivity index (χ4n) is 4.32. The number of nitrogens with one attached hydrogen (secondary N) is 2. The predicted molar refractivity (Wildman–Crippen MR) is 148 cm³/mol. The van der Waals surface area contributed by atoms with Crippen LogP contribution >= 0.6 is 23.1 Å². The van der Waals surface area contributed by atoms with E-state index in [0.29, 0.717) is 22.6 Å². The molecule has 18 heteroatoms. The monoisotopic (exact) mass is 608 g/mol. The van der Waals surface area contributed by atoms with Gasteiger partial charge >= 0.3 is 5.97 Å². The molecule has 0 saturated carbocycles. The van der Waals surface area contributed by atoms with Gasteiger partial charge in [0, 0.05) is 35.7 Å². The van der Waals surface area contributed by atoms with Crippen LogP contribution in [0.25, 0.3) is 0 Å². The predicted octanol–water partition coefficient (Wildman–Crippen LogP) is 0.358. The zero-order valence-corrected chi connectivity index (χ0v) is 23.2. The number of rotatable bonds is 8. The van der Waals surface area contributed by atoms with Crippen LogP contribution in [-0.2, 0) is 24.0 Å². The Balaban J connectivity index is 1.27. The highest BCUT2D eigenvalue weighted by Gasteiger charge is 2.54. The third-order valence-corrected chi connectivity index (χ3v) is 8.21. The first-order valence-corrected chi connectivity index (χ1v) is 13.9. The lowest BCUT2D eigenvalue weighted by Crippen LogP contribution is -2.71. The Morgan fingerprint density at radius 3 is 2.71 bits per heavy atom. The fraction of sp³-hybridized carbons (Fsp3) is 0.208. The number of hydrogen-bond acceptors (Lipinski definition) is 14. The summed E-state index contributed by atoms with van der Waals surface area (Å²) in [5.41, 5.74) is 7.10. The van der Waals surface area contributed by atoms with Gasteiger partial charge in [-0.15, -0.1) is 33.3 Å². The molecular formula is C24H20N10O6S2. The molecular weight excluding hydrogens is 588 g/mol. The molecule has 1 aromatic heterocycles. The van der Waals surface area contributed by atoms with Crippen LogP contribution in [0.2, 0.25) is 0 Å². The molecule has 1 fully saturated rings. The van der Waals surface area contributed by atoms with Crippen molar-refractivity contribution in [3.8, 4) is 6.19 Å². The lowest BCUT2D eigenvalue weighted by Gasteiger charge is -2.49. The summed E-state index contributed by atoms with van der Waals surface area (Å²) in [6.07, 6.45) is 9.80. The quantitative estimate of drug-likeness (QED) is 0.103. The smallest absolute Gasteiger partial charge is 0.352 e. The first-order valence-electron chi connectivity index (χ1n) is 11.9. The second-order valence-corrected chi connectivity index (χ2v) is 10.7. The second kappa shape index (κ2) is 11.7. The number of carboxylic acid groups (broad SMARTS) is 1. The first-order chi connectivity index (χ1) is 20.2. The number of aliphatic carboxylic acids is 1. The van der Waals surface area contributed by atoms with Crippen molar-refractivity contribution in [1.29, 1.82) is 5.26 Å². The molecule has 42 heavy (non-hydrogen) atoms. The van der Waals surface area contributed by atoms with E-state index in [1.54, 1.807) is 29.5 Å². The van der Waals surface area contributed by atoms with Gasteiger partial charge in [-0.3, -0.25) is 24.6 Å². The van der Waals surface area contributed by atoms with E-state index in [0.717, 1.165) is 11.3 Å². The molecule has 0 unspecified atom stereocenters. The minimum absolute atomic E-state index is 0.00272. The molecule has 0 bridgehead atoms. The molecule has 16 nitrogen and oxygen atoms in total. The molecule has 5 heterocycles. The number of thiazole rings is 1. The van der Waals surface area contributed by atoms with Crippen LogP contribution in [-0.4, -0.2) is 80.1 Å². The number of aromatic nitrogens is 1. The number of carbonyl (C=O) groups excluding carboxylic acids is 3. The minimum atomic E-state index is -1.26. The Morgan fingerprint density at radius 1 is 1.31 bits per heavy atom. The van der Waals surface area contributed by atoms with E-state index in [2.05, 4.69) is 25.7 Å². The van der Waals surface area contributed by atoms with Gasteiger partial charge in [-0.05, 0) is 23.8 Å². The molecule has 1 saturated heterocycles. The van der Waals surface area contributed by atoms with Crippen molar-refractivity contribution < 1.29 is 29.1 Å². The van der Waals surface area contributed by atoms with Gasteiger partial charge in [0.25, 0.3) is 17.7 Å². The van der Waals surface area contributed by atoms with Crippen LogP contribution in [0.3, 0.4) is 0 Å². The average Bonchev–Trinajstić information content (AvgIpc) is 3.64. The van der Waals surface area contributed by atoms with Gasteiger partial charge < -0.3 is 25.9 Å². The number of nitrogens with two attached hydrogens (primary N) is 1. The standard InChI is InChI=1S/C24H20N10O6S2/c1-40-32-16(15-9-42-24(26)28-15)20(36)29-17-21(37)34-18(23(38)39)12(8-41-22(17)34)7-33-4-2-11(3-5-33)13-6-14(31-30-13)19(35)27-10-25/h2-6,9,17,22H,7-8H2,1H3,(H2,26,28)(H,27,35)(H,29,36)(H,38,39)/b32-16-/t17-,22-/m1/s1. The van der Waals surface area contributed by atoms with Crippen LogP contribution in [0.15, 0.2) is 79.6 Å². The van der Waals surface area contributed by atoms with E-state index in [1.165, 1.54) is 41.4 Å². The number of carbonyl (C=O) groups is 4. The van der Waals surface area contributed by atoms with Gasteiger partial charge in [-0.2, -0.15) is 5.26 Å². The Kier molecular flexibility index (Phi) is 7.86. The summed E-state index contributed by atoms with van der Waals surface area (Å²) >= 11 is 2.43. The molecule has 0 radical (unpaired) electrons. The zero-order chi connectivity index (χ0) is 30.0. The number of anilines is 1. The van der Waals surface area contributed by atoms with Gasteiger partial charge in [0.2, 0.25) is 0 Å². The summed E-state index contributed by atoms with van der Waals surface area (Å²) in [6, 6.07) is -0.978. The Hall–Kier alpha value is -5.28. The number of fused-ring (bicyclic) bond motifs is 1. The Morgan fingerprint density at radius 2 is 2.07 bits per heavy atom. The van der Waals surface area contributed by atoms with Crippen molar-refractivity contribution in [1.82, 2.24) is 25.4 Å². The summed E-state index contributed by atoms with van der Waals surface area (Å²) in [7, 11) is 1.26. The number of allylic oxidation sites excluding steroid dienone is 4. The maximum atomic E-state index is 13.1. The molecule has 5 rings (SSSR count). The van der Waals surface area contributed by atoms with Crippen molar-refractivity contribution in [2.24, 2.45) is 15.4 Å². The van der Waals surface area contributed by atoms with E-state index in [1.807, 2.05) is 5.32 Å². The third kappa shape index (κ3) is 5.37. The van der Waals surface area contributed by atoms with Crippen LogP contribution in [0.1, 0.15) is 5.69 Å². The summed E-state index contributed by atoms with van der Waals surface area (Å²) < 4.78 is 0. The van der Waals surface area contributed by atoms with Crippen LogP contribution in [0, 0.1) is 11.5 Å². The molecule has 5 N–H and O–H groups in total. The molecule has 1 aromatic rings. The van der Waals surface area contributed by atoms with Crippen LogP contribution < -0.4 is 16.4 Å². The van der Waals surface area contributed by atoms with Gasteiger partial charge in [-0.25, -0.2) is 9.78 Å². The lowest BCUT2D eigenvalue weighted by molar-refractivity contribution is -0.150. The van der Waals surface area contributed by atoms with E-state index in [9.17, 15) is 24.3 Å². The largest absolute Gasteiger partial charge is 0.477 e. The number of nitrogen functional groups attached to an aromatic ring is 1. The molecule has 0 aliphatic carbocycles. The fourth-order valence-corrected chi connectivity index (χ4v) is 6.21. The molecule has 0 aromatic carbocycles. The summed E-state index contributed by atoms with van der Waals surface area (Å²) in [4.78, 5) is 61.7. The molecule has 2 atom stereocenters. The number of β-lactam (4-membered cyclic amide) rings is 1. The average molecular weight is 609 g/mol. The molecule has 3 amide bonds. The molecule has 0 spiro atoms. The van der Waals surface area contributed by atoms with E-state index in [4.69, 9.17) is 15.8 Å². The van der Waals surface area contributed by atoms with Crippen LogP contribution in [0.5, 0.6) is 0 Å². The highest BCUT2D eigenvalue weighted by atomic mass is 32.2. The van der Waals surface area contributed by atoms with Gasteiger partial charge in [0.05, 0.1) is 5.70 Å². The molecule has 214 valence electrons. The van der Waals surface area contributed by atoms with Gasteiger partial charge in [-0.1, -0.05) is 5.16 Å². The Bertz CT molecular complexity index is 1630. The molecule has 4 aliphatic rings. The number of carboxylic acids is 1. The summed E-state index contributed by atoms with van der Waals surface area (Å²) in [5.74, 6) is -2.92. The maximum absolute atomic E-state index is 13.1. The number of amides is 3. The van der Waals surface area contributed by atoms with Gasteiger partial charge in [0.15, 0.2) is 22.7 Å². The SMILES string of the molecule is CO/N=C(\C(=O)N[C@@H]1C(=O)N2C(C(=O)O)=C(CN3C=CC(=C4C=C(C(=O)NC#N)N=N4)C=C3)CS[C@H]12)c1csc(N)n1. The third-order valence-electron chi connectivity index (χ3n) is 6.20. The highest BCUT2D eigenvalue weighted by Crippen LogP contribution is 2.40. The first kappa shape index (κ1) is 28.3. The van der Waals surface area contributed by atoms with Crippen molar-refractivity contribution in [3.63, 3.8) is 0 Å². The van der Waals surface area contributed by atoms with Gasteiger partial charge in [0.1, 0.15) is 29.9 Å². The number of oxime groups is 1.